The molecule has 5 heteroatoms. The summed E-state index contributed by atoms with van der Waals surface area (Å²) >= 11 is 11.9. The van der Waals surface area contributed by atoms with Crippen molar-refractivity contribution in [3.63, 3.8) is 0 Å². The second-order valence-electron chi connectivity index (χ2n) is 1.98. The van der Waals surface area contributed by atoms with Gasteiger partial charge in [0.15, 0.2) is 0 Å². The van der Waals surface area contributed by atoms with Crippen molar-refractivity contribution in [3.05, 3.63) is 0 Å². The molecule has 0 aromatic rings. The highest BCUT2D eigenvalue weighted by Gasteiger charge is 2.15. The fraction of sp³-hybridized carbons (Fsp3) is 1.00. The topological polar surface area (TPSA) is 3.24 Å². The average Bonchev–Trinajstić information content (AvgIpc) is 1.64. The van der Waals surface area contributed by atoms with E-state index in [1.807, 2.05) is 0 Å². The molecule has 0 N–H and O–H groups in total. The number of rotatable bonds is 3. The van der Waals surface area contributed by atoms with Crippen LogP contribution in [-0.4, -0.2) is 27.3 Å². The van der Waals surface area contributed by atoms with E-state index in [0.29, 0.717) is 0 Å². The lowest BCUT2D eigenvalue weighted by Crippen LogP contribution is -2.40. The van der Waals surface area contributed by atoms with Crippen LogP contribution in [0.1, 0.15) is 6.92 Å². The van der Waals surface area contributed by atoms with Gasteiger partial charge in [-0.3, -0.25) is 0 Å². The molecule has 0 aromatic carbocycles. The minimum absolute atomic E-state index is 1.02. The molecule has 2 atom stereocenters. The second-order valence-corrected chi connectivity index (χ2v) is 9.99. The van der Waals surface area contributed by atoms with Crippen molar-refractivity contribution in [2.75, 3.05) is 6.54 Å². The van der Waals surface area contributed by atoms with Gasteiger partial charge in [0, 0.05) is 0 Å². The largest absolute Gasteiger partial charge is 0.327 e. The fourth-order valence-electron chi connectivity index (χ4n) is 0.786. The molecule has 0 aliphatic rings. The Morgan fingerprint density at radius 2 is 1.56 bits per heavy atom. The molecular formula is C4H13Cl2NSi2. The number of hydrogen-bond donors (Lipinski definition) is 0. The molecule has 0 bridgehead atoms. The van der Waals surface area contributed by atoms with Gasteiger partial charge in [-0.25, -0.2) is 0 Å². The smallest absolute Gasteiger partial charge is 0.204 e. The lowest BCUT2D eigenvalue weighted by atomic mass is 10.8. The number of halogens is 2. The maximum absolute atomic E-state index is 5.95. The molecule has 0 saturated carbocycles. The molecule has 0 fully saturated rings. The molecule has 0 radical (unpaired) electrons. The van der Waals surface area contributed by atoms with Gasteiger partial charge in [0.25, 0.3) is 0 Å². The van der Waals surface area contributed by atoms with Gasteiger partial charge in [0.05, 0.1) is 0 Å². The van der Waals surface area contributed by atoms with Crippen molar-refractivity contribution < 1.29 is 0 Å². The molecule has 0 aromatic heterocycles. The van der Waals surface area contributed by atoms with Crippen LogP contribution in [0.4, 0.5) is 0 Å². The maximum atomic E-state index is 5.95. The van der Waals surface area contributed by atoms with Crippen LogP contribution in [0.15, 0.2) is 0 Å². The van der Waals surface area contributed by atoms with Crippen LogP contribution in [0.25, 0.3) is 0 Å². The summed E-state index contributed by atoms with van der Waals surface area (Å²) in [6, 6.07) is 0. The van der Waals surface area contributed by atoms with E-state index < -0.39 is 16.5 Å². The first-order valence-electron chi connectivity index (χ1n) is 3.13. The van der Waals surface area contributed by atoms with Crippen LogP contribution in [0.2, 0.25) is 13.1 Å². The molecule has 0 rings (SSSR count). The summed E-state index contributed by atoms with van der Waals surface area (Å²) in [6.07, 6.45) is 0. The van der Waals surface area contributed by atoms with E-state index in [2.05, 4.69) is 24.2 Å². The summed E-state index contributed by atoms with van der Waals surface area (Å²) in [5.74, 6) is 0. The van der Waals surface area contributed by atoms with E-state index in [0.717, 1.165) is 6.54 Å². The standard InChI is InChI=1S/C4H13Cl2NSi2/c1-4-7(8(2)5)9(3)6/h8-9H,4H2,1-3H3. The van der Waals surface area contributed by atoms with Gasteiger partial charge in [0.2, 0.25) is 16.5 Å². The lowest BCUT2D eigenvalue weighted by Gasteiger charge is -2.23. The monoisotopic (exact) mass is 201 g/mol. The summed E-state index contributed by atoms with van der Waals surface area (Å²) in [5, 5.41) is 0. The zero-order valence-electron chi connectivity index (χ0n) is 6.06. The highest BCUT2D eigenvalue weighted by Crippen LogP contribution is 2.04. The van der Waals surface area contributed by atoms with Gasteiger partial charge in [-0.05, 0) is 19.6 Å². The minimum Gasteiger partial charge on any atom is -0.327 e. The zero-order valence-corrected chi connectivity index (χ0v) is 9.89. The normalized spacial score (nSPS) is 18.0. The minimum atomic E-state index is -1.11. The van der Waals surface area contributed by atoms with E-state index in [1.54, 1.807) is 0 Å². The van der Waals surface area contributed by atoms with Gasteiger partial charge in [-0.2, -0.15) is 22.2 Å². The lowest BCUT2D eigenvalue weighted by molar-refractivity contribution is 0.708. The first-order valence-corrected chi connectivity index (χ1v) is 9.96. The molecule has 0 amide bonds. The average molecular weight is 202 g/mol. The number of nitrogens with zero attached hydrogens (tertiary/aromatic N) is 1. The van der Waals surface area contributed by atoms with E-state index >= 15 is 0 Å². The van der Waals surface area contributed by atoms with Crippen molar-refractivity contribution in [3.8, 4) is 0 Å². The van der Waals surface area contributed by atoms with Gasteiger partial charge >= 0.3 is 0 Å². The van der Waals surface area contributed by atoms with Crippen LogP contribution < -0.4 is 0 Å². The Kier molecular flexibility index (Phi) is 5.25. The Bertz CT molecular complexity index is 71.0. The summed E-state index contributed by atoms with van der Waals surface area (Å²) in [4.78, 5) is 0. The summed E-state index contributed by atoms with van der Waals surface area (Å²) in [6.45, 7) is 7.32. The van der Waals surface area contributed by atoms with E-state index in [1.165, 1.54) is 0 Å². The zero-order chi connectivity index (χ0) is 7.44. The molecule has 0 saturated heterocycles. The van der Waals surface area contributed by atoms with Gasteiger partial charge < -0.3 is 4.23 Å². The maximum Gasteiger partial charge on any atom is 0.204 e. The van der Waals surface area contributed by atoms with Crippen molar-refractivity contribution in [2.24, 2.45) is 0 Å². The third-order valence-electron chi connectivity index (χ3n) is 1.28. The van der Waals surface area contributed by atoms with E-state index in [4.69, 9.17) is 22.2 Å². The molecule has 0 spiro atoms. The van der Waals surface area contributed by atoms with Crippen LogP contribution in [-0.2, 0) is 0 Å². The van der Waals surface area contributed by atoms with Gasteiger partial charge in [0.1, 0.15) is 0 Å². The Hall–Kier alpha value is 0.974. The molecule has 2 unspecified atom stereocenters. The highest BCUT2D eigenvalue weighted by molar-refractivity contribution is 7.15. The third kappa shape index (κ3) is 3.62. The molecule has 0 aliphatic heterocycles. The van der Waals surface area contributed by atoms with Crippen LogP contribution in [0.3, 0.4) is 0 Å². The van der Waals surface area contributed by atoms with Crippen molar-refractivity contribution in [1.82, 2.24) is 4.23 Å². The summed E-state index contributed by atoms with van der Waals surface area (Å²) in [5.41, 5.74) is 0. The molecule has 9 heavy (non-hydrogen) atoms. The molecule has 0 heterocycles. The molecule has 0 aliphatic carbocycles. The first kappa shape index (κ1) is 9.97. The highest BCUT2D eigenvalue weighted by atomic mass is 35.6. The molecular weight excluding hydrogens is 189 g/mol. The quantitative estimate of drug-likeness (QED) is 0.495. The van der Waals surface area contributed by atoms with Crippen molar-refractivity contribution >= 4 is 38.7 Å². The van der Waals surface area contributed by atoms with Gasteiger partial charge in [-0.15, -0.1) is 0 Å². The Labute approximate surface area is 69.7 Å². The summed E-state index contributed by atoms with van der Waals surface area (Å²) in [7, 11) is -2.22. The fourth-order valence-corrected chi connectivity index (χ4v) is 8.45. The first-order chi connectivity index (χ1) is 4.09. The predicted molar refractivity (Wildman–Crippen MR) is 50.1 cm³/mol. The Morgan fingerprint density at radius 3 is 1.56 bits per heavy atom. The molecule has 1 nitrogen and oxygen atoms in total. The van der Waals surface area contributed by atoms with E-state index in [-0.39, 0.29) is 0 Å². The second kappa shape index (κ2) is 4.74. The summed E-state index contributed by atoms with van der Waals surface area (Å²) < 4.78 is 2.27. The SMILES string of the molecule is CCN([SiH](C)Cl)[SiH](C)Cl. The Balaban J connectivity index is 3.68. The molecule has 56 valence electrons. The van der Waals surface area contributed by atoms with Crippen LogP contribution >= 0.6 is 22.2 Å². The van der Waals surface area contributed by atoms with Crippen LogP contribution in [0.5, 0.6) is 0 Å². The number of hydrogen-bond acceptors (Lipinski definition) is 1. The third-order valence-corrected chi connectivity index (χ3v) is 9.16. The van der Waals surface area contributed by atoms with Crippen molar-refractivity contribution in [2.45, 2.75) is 20.0 Å². The van der Waals surface area contributed by atoms with E-state index in [9.17, 15) is 0 Å². The predicted octanol–water partition coefficient (Wildman–Crippen LogP) is 1.49. The van der Waals surface area contributed by atoms with Crippen LogP contribution in [0, 0.1) is 0 Å². The Morgan fingerprint density at radius 1 is 1.22 bits per heavy atom. The van der Waals surface area contributed by atoms with Gasteiger partial charge in [-0.1, -0.05) is 6.92 Å². The van der Waals surface area contributed by atoms with Crippen molar-refractivity contribution in [1.29, 1.82) is 0 Å².